The van der Waals surface area contributed by atoms with E-state index in [1.54, 1.807) is 13.1 Å². The van der Waals surface area contributed by atoms with Crippen LogP contribution in [0.4, 0.5) is 15.2 Å². The fourth-order valence-electron chi connectivity index (χ4n) is 3.56. The maximum absolute atomic E-state index is 13.7. The van der Waals surface area contributed by atoms with Gasteiger partial charge in [0.05, 0.1) is 11.6 Å². The van der Waals surface area contributed by atoms with Gasteiger partial charge in [-0.3, -0.25) is 19.0 Å². The molecule has 2 N–H and O–H groups in total. The number of rotatable bonds is 5. The van der Waals surface area contributed by atoms with Gasteiger partial charge in [0.2, 0.25) is 11.8 Å². The molecule has 0 saturated carbocycles. The average molecular weight is 444 g/mol. The lowest BCUT2D eigenvalue weighted by Gasteiger charge is -2.31. The van der Waals surface area contributed by atoms with E-state index in [1.807, 2.05) is 4.90 Å². The summed E-state index contributed by atoms with van der Waals surface area (Å²) in [5.41, 5.74) is -0.0412. The highest BCUT2D eigenvalue weighted by atomic mass is 32.1. The lowest BCUT2D eigenvalue weighted by molar-refractivity contribution is -0.124. The number of piperidine rings is 1. The molecular formula is C20H21FN6O3S. The minimum absolute atomic E-state index is 0.00726. The third-order valence-electron chi connectivity index (χ3n) is 5.14. The second-order valence-corrected chi connectivity index (χ2v) is 8.23. The summed E-state index contributed by atoms with van der Waals surface area (Å²) in [6.07, 6.45) is 2.92. The normalized spacial score (nSPS) is 16.3. The van der Waals surface area contributed by atoms with E-state index in [9.17, 15) is 18.8 Å². The molecule has 1 aliphatic heterocycles. The maximum Gasteiger partial charge on any atom is 0.273 e. The van der Waals surface area contributed by atoms with Crippen LogP contribution in [-0.2, 0) is 16.1 Å². The predicted molar refractivity (Wildman–Crippen MR) is 116 cm³/mol. The van der Waals surface area contributed by atoms with Gasteiger partial charge in [0, 0.05) is 20.1 Å². The zero-order chi connectivity index (χ0) is 22.0. The minimum atomic E-state index is -0.555. The average Bonchev–Trinajstić information content (AvgIpc) is 3.22. The van der Waals surface area contributed by atoms with Crippen LogP contribution in [0, 0.1) is 11.7 Å². The van der Waals surface area contributed by atoms with Crippen molar-refractivity contribution < 1.29 is 14.0 Å². The standard InChI is InChI=1S/C20H21FN6O3S/c1-22-18(29)12-5-4-8-26(9-12)20-25-17-16(31-20)19(30)27(11-23-17)10-15(28)24-14-7-3-2-6-13(14)21/h2-3,6-7,11-12H,4-5,8-10H2,1H3,(H,22,29)(H,24,28)/t12-/m0/s1. The fraction of sp³-hybridized carbons (Fsp3) is 0.350. The van der Waals surface area contributed by atoms with Gasteiger partial charge in [-0.1, -0.05) is 23.5 Å². The first-order chi connectivity index (χ1) is 15.0. The number of fused-ring (bicyclic) bond motifs is 1. The lowest BCUT2D eigenvalue weighted by atomic mass is 9.98. The lowest BCUT2D eigenvalue weighted by Crippen LogP contribution is -2.42. The van der Waals surface area contributed by atoms with Crippen LogP contribution < -0.4 is 21.1 Å². The van der Waals surface area contributed by atoms with Crippen molar-refractivity contribution in [3.05, 3.63) is 46.8 Å². The number of benzene rings is 1. The largest absolute Gasteiger partial charge is 0.359 e. The van der Waals surface area contributed by atoms with Crippen LogP contribution in [0.5, 0.6) is 0 Å². The Morgan fingerprint density at radius 1 is 1.32 bits per heavy atom. The number of hydrogen-bond acceptors (Lipinski definition) is 7. The summed E-state index contributed by atoms with van der Waals surface area (Å²) in [5, 5.41) is 5.76. The number of anilines is 2. The van der Waals surface area contributed by atoms with Crippen molar-refractivity contribution in [3.8, 4) is 0 Å². The predicted octanol–water partition coefficient (Wildman–Crippen LogP) is 1.59. The summed E-state index contributed by atoms with van der Waals surface area (Å²) >= 11 is 1.20. The Bertz CT molecular complexity index is 1190. The Hall–Kier alpha value is -3.34. The first kappa shape index (κ1) is 20.9. The Balaban J connectivity index is 1.53. The molecular weight excluding hydrogens is 423 g/mol. The summed E-state index contributed by atoms with van der Waals surface area (Å²) in [5.74, 6) is -1.23. The van der Waals surface area contributed by atoms with Gasteiger partial charge in [-0.25, -0.2) is 9.37 Å². The fourth-order valence-corrected chi connectivity index (χ4v) is 4.56. The summed E-state index contributed by atoms with van der Waals surface area (Å²) in [6.45, 7) is 0.969. The zero-order valence-electron chi connectivity index (χ0n) is 16.8. The third kappa shape index (κ3) is 4.41. The number of para-hydroxylation sites is 1. The molecule has 1 aliphatic rings. The molecule has 1 saturated heterocycles. The smallest absolute Gasteiger partial charge is 0.273 e. The van der Waals surface area contributed by atoms with Crippen LogP contribution in [-0.4, -0.2) is 46.5 Å². The molecule has 0 aliphatic carbocycles. The summed E-state index contributed by atoms with van der Waals surface area (Å²) in [4.78, 5) is 47.8. The molecule has 1 fully saturated rings. The Kier molecular flexibility index (Phi) is 5.94. The minimum Gasteiger partial charge on any atom is -0.359 e. The molecule has 4 rings (SSSR count). The number of hydrogen-bond donors (Lipinski definition) is 2. The molecule has 11 heteroatoms. The molecule has 0 bridgehead atoms. The Morgan fingerprint density at radius 3 is 2.90 bits per heavy atom. The SMILES string of the molecule is CNC(=O)[C@H]1CCCN(c2nc3ncn(CC(=O)Nc4ccccc4F)c(=O)c3s2)C1. The Morgan fingerprint density at radius 2 is 2.13 bits per heavy atom. The van der Waals surface area contributed by atoms with Crippen LogP contribution in [0.15, 0.2) is 35.4 Å². The molecule has 2 aromatic heterocycles. The molecule has 1 atom stereocenters. The van der Waals surface area contributed by atoms with E-state index in [4.69, 9.17) is 0 Å². The molecule has 162 valence electrons. The number of thiazole rings is 1. The second kappa shape index (κ2) is 8.80. The van der Waals surface area contributed by atoms with Crippen LogP contribution in [0.25, 0.3) is 10.3 Å². The van der Waals surface area contributed by atoms with Gasteiger partial charge >= 0.3 is 0 Å². The van der Waals surface area contributed by atoms with Crippen LogP contribution in [0.3, 0.4) is 0 Å². The molecule has 1 aromatic carbocycles. The molecule has 0 unspecified atom stereocenters. The summed E-state index contributed by atoms with van der Waals surface area (Å²) in [7, 11) is 1.62. The summed E-state index contributed by atoms with van der Waals surface area (Å²) in [6, 6.07) is 5.81. The van der Waals surface area contributed by atoms with Crippen molar-refractivity contribution in [1.82, 2.24) is 19.9 Å². The van der Waals surface area contributed by atoms with Crippen molar-refractivity contribution in [2.24, 2.45) is 5.92 Å². The molecule has 9 nitrogen and oxygen atoms in total. The third-order valence-corrected chi connectivity index (χ3v) is 6.24. The van der Waals surface area contributed by atoms with Crippen molar-refractivity contribution in [2.75, 3.05) is 30.4 Å². The number of carbonyl (C=O) groups is 2. The highest BCUT2D eigenvalue weighted by molar-refractivity contribution is 7.22. The van der Waals surface area contributed by atoms with Gasteiger partial charge in [-0.05, 0) is 25.0 Å². The van der Waals surface area contributed by atoms with E-state index >= 15 is 0 Å². The number of nitrogens with zero attached hydrogens (tertiary/aromatic N) is 4. The first-order valence-electron chi connectivity index (χ1n) is 9.83. The molecule has 0 spiro atoms. The zero-order valence-corrected chi connectivity index (χ0v) is 17.6. The highest BCUT2D eigenvalue weighted by Crippen LogP contribution is 2.29. The van der Waals surface area contributed by atoms with Crippen LogP contribution >= 0.6 is 11.3 Å². The van der Waals surface area contributed by atoms with Crippen molar-refractivity contribution in [3.63, 3.8) is 0 Å². The number of nitrogens with one attached hydrogen (secondary N) is 2. The molecule has 31 heavy (non-hydrogen) atoms. The molecule has 3 aromatic rings. The van der Waals surface area contributed by atoms with E-state index < -0.39 is 17.3 Å². The second-order valence-electron chi connectivity index (χ2n) is 7.25. The monoisotopic (exact) mass is 444 g/mol. The van der Waals surface area contributed by atoms with Gasteiger partial charge in [0.1, 0.15) is 23.4 Å². The number of amides is 2. The van der Waals surface area contributed by atoms with E-state index in [1.165, 1.54) is 40.4 Å². The van der Waals surface area contributed by atoms with Crippen LogP contribution in [0.1, 0.15) is 12.8 Å². The van der Waals surface area contributed by atoms with Gasteiger partial charge < -0.3 is 15.5 Å². The van der Waals surface area contributed by atoms with Crippen LogP contribution in [0.2, 0.25) is 0 Å². The van der Waals surface area contributed by atoms with Gasteiger partial charge in [-0.15, -0.1) is 0 Å². The number of halogens is 1. The van der Waals surface area contributed by atoms with E-state index in [2.05, 4.69) is 20.6 Å². The molecule has 0 radical (unpaired) electrons. The quantitative estimate of drug-likeness (QED) is 0.619. The van der Waals surface area contributed by atoms with E-state index in [0.717, 1.165) is 19.4 Å². The van der Waals surface area contributed by atoms with Crippen molar-refractivity contribution in [2.45, 2.75) is 19.4 Å². The maximum atomic E-state index is 13.7. The van der Waals surface area contributed by atoms with E-state index in [-0.39, 0.29) is 24.1 Å². The molecule has 3 heterocycles. The van der Waals surface area contributed by atoms with E-state index in [0.29, 0.717) is 22.0 Å². The molecule has 2 amide bonds. The van der Waals surface area contributed by atoms with Crippen molar-refractivity contribution in [1.29, 1.82) is 0 Å². The number of aromatic nitrogens is 3. The highest BCUT2D eigenvalue weighted by Gasteiger charge is 2.27. The summed E-state index contributed by atoms with van der Waals surface area (Å²) < 4.78 is 15.2. The van der Waals surface area contributed by atoms with Gasteiger partial charge in [0.15, 0.2) is 10.8 Å². The number of carbonyl (C=O) groups excluding carboxylic acids is 2. The van der Waals surface area contributed by atoms with Gasteiger partial charge in [-0.2, -0.15) is 4.98 Å². The first-order valence-corrected chi connectivity index (χ1v) is 10.6. The topological polar surface area (TPSA) is 109 Å². The Labute approximate surface area is 180 Å². The van der Waals surface area contributed by atoms with Gasteiger partial charge in [0.25, 0.3) is 5.56 Å². The van der Waals surface area contributed by atoms with Crippen molar-refractivity contribution >= 4 is 44.3 Å².